The Balaban J connectivity index is 1.88. The summed E-state index contributed by atoms with van der Waals surface area (Å²) in [6, 6.07) is 5.36. The fourth-order valence-electron chi connectivity index (χ4n) is 2.76. The molecule has 0 radical (unpaired) electrons. The van der Waals surface area contributed by atoms with Crippen LogP contribution in [0.5, 0.6) is 0 Å². The molecule has 1 saturated heterocycles. The number of halogens is 1. The Bertz CT molecular complexity index is 897. The number of cyclic esters (lactones) is 1. The quantitative estimate of drug-likeness (QED) is 0.350. The third-order valence-corrected chi connectivity index (χ3v) is 4.42. The highest BCUT2D eigenvalue weighted by molar-refractivity contribution is 5.96. The van der Waals surface area contributed by atoms with Crippen molar-refractivity contribution in [3.63, 3.8) is 0 Å². The average molecular weight is 376 g/mol. The van der Waals surface area contributed by atoms with Gasteiger partial charge < -0.3 is 15.7 Å². The molecule has 1 aliphatic heterocycles. The lowest BCUT2D eigenvalue weighted by atomic mass is 9.92. The van der Waals surface area contributed by atoms with Crippen molar-refractivity contribution in [1.82, 2.24) is 20.1 Å². The number of rotatable bonds is 5. The molecule has 11 heteroatoms. The third kappa shape index (κ3) is 3.30. The summed E-state index contributed by atoms with van der Waals surface area (Å²) in [6.45, 7) is 3.05. The zero-order valence-corrected chi connectivity index (χ0v) is 14.5. The van der Waals surface area contributed by atoms with Gasteiger partial charge in [-0.25, -0.2) is 9.48 Å². The molecule has 27 heavy (non-hydrogen) atoms. The van der Waals surface area contributed by atoms with Gasteiger partial charge in [0.05, 0.1) is 17.8 Å². The van der Waals surface area contributed by atoms with E-state index in [0.717, 1.165) is 0 Å². The van der Waals surface area contributed by atoms with E-state index in [9.17, 15) is 14.1 Å². The Kier molecular flexibility index (Phi) is 4.75. The number of nitrogens with two attached hydrogens (primary N) is 1. The Labute approximate surface area is 152 Å². The van der Waals surface area contributed by atoms with Crippen molar-refractivity contribution in [2.45, 2.75) is 26.0 Å². The molecule has 1 fully saturated rings. The maximum absolute atomic E-state index is 14.2. The van der Waals surface area contributed by atoms with Crippen molar-refractivity contribution in [1.29, 1.82) is 0 Å². The van der Waals surface area contributed by atoms with Gasteiger partial charge in [0.2, 0.25) is 5.91 Å². The molecule has 0 bridgehead atoms. The Morgan fingerprint density at radius 3 is 2.67 bits per heavy atom. The fraction of sp³-hybridized carbons (Fsp3) is 0.312. The minimum Gasteiger partial charge on any atom is -0.441 e. The van der Waals surface area contributed by atoms with Crippen LogP contribution < -0.4 is 5.73 Å². The van der Waals surface area contributed by atoms with Gasteiger partial charge in [0.15, 0.2) is 0 Å². The summed E-state index contributed by atoms with van der Waals surface area (Å²) in [5, 5.41) is 19.6. The largest absolute Gasteiger partial charge is 0.441 e. The van der Waals surface area contributed by atoms with E-state index in [2.05, 4.69) is 15.5 Å². The smallest absolute Gasteiger partial charge is 0.439 e. The molecule has 10 nitrogen and oxygen atoms in total. The van der Waals surface area contributed by atoms with Crippen molar-refractivity contribution in [2.24, 2.45) is 16.8 Å². The van der Waals surface area contributed by atoms with Gasteiger partial charge in [-0.1, -0.05) is 27.0 Å². The number of hydrogen-bond donors (Lipinski definition) is 2. The summed E-state index contributed by atoms with van der Waals surface area (Å²) < 4.78 is 20.7. The van der Waals surface area contributed by atoms with E-state index in [-0.39, 0.29) is 5.12 Å². The number of hydrogen-bond acceptors (Lipinski definition) is 7. The molecule has 3 unspecified atom stereocenters. The topological polar surface area (TPSA) is 136 Å². The van der Waals surface area contributed by atoms with Crippen LogP contribution >= 0.6 is 0 Å². The second-order valence-corrected chi connectivity index (χ2v) is 6.12. The first-order valence-electron chi connectivity index (χ1n) is 8.00. The lowest BCUT2D eigenvalue weighted by Crippen LogP contribution is -2.35. The summed E-state index contributed by atoms with van der Waals surface area (Å²) in [7, 11) is 0. The van der Waals surface area contributed by atoms with Crippen LogP contribution in [0.3, 0.4) is 0 Å². The van der Waals surface area contributed by atoms with Gasteiger partial charge in [-0.2, -0.15) is 0 Å². The van der Waals surface area contributed by atoms with Crippen LogP contribution in [0.25, 0.3) is 5.69 Å². The van der Waals surface area contributed by atoms with Crippen LogP contribution in [0.1, 0.15) is 31.1 Å². The predicted octanol–water partition coefficient (Wildman–Crippen LogP) is 1.33. The van der Waals surface area contributed by atoms with Crippen LogP contribution in [0.2, 0.25) is 0 Å². The monoisotopic (exact) mass is 376 g/mol. The molecule has 2 aromatic rings. The fourth-order valence-corrected chi connectivity index (χ4v) is 2.76. The molecule has 3 atom stereocenters. The summed E-state index contributed by atoms with van der Waals surface area (Å²) in [5.74, 6) is -1.56. The SMILES string of the molecule is CC(=NO)c1cn(-c2ccc(C3C(C(C)C(N)=O)OC(=O)N3F)cc2)nn1. The van der Waals surface area contributed by atoms with E-state index < -0.39 is 30.1 Å². The van der Waals surface area contributed by atoms with Gasteiger partial charge in [-0.05, 0) is 31.5 Å². The highest BCUT2D eigenvalue weighted by atomic mass is 19.2. The number of oxime groups is 1. The molecule has 3 N–H and O–H groups in total. The minimum absolute atomic E-state index is 0.0479. The first-order valence-corrected chi connectivity index (χ1v) is 8.00. The molecular formula is C16H17FN6O4. The zero-order valence-electron chi connectivity index (χ0n) is 14.5. The number of primary amides is 1. The highest BCUT2D eigenvalue weighted by Crippen LogP contribution is 2.37. The number of ether oxygens (including phenoxy) is 1. The number of amides is 2. The highest BCUT2D eigenvalue weighted by Gasteiger charge is 2.47. The lowest BCUT2D eigenvalue weighted by Gasteiger charge is -2.22. The van der Waals surface area contributed by atoms with Crippen LogP contribution in [0.15, 0.2) is 35.6 Å². The molecule has 2 amide bonds. The summed E-state index contributed by atoms with van der Waals surface area (Å²) >= 11 is 0. The first kappa shape index (κ1) is 18.3. The number of carbonyl (C=O) groups excluding carboxylic acids is 2. The van der Waals surface area contributed by atoms with Crippen molar-refractivity contribution in [3.8, 4) is 5.69 Å². The van der Waals surface area contributed by atoms with Crippen LogP contribution in [-0.4, -0.2) is 49.1 Å². The normalized spacial score (nSPS) is 21.2. The molecule has 1 aromatic heterocycles. The van der Waals surface area contributed by atoms with Crippen molar-refractivity contribution in [3.05, 3.63) is 41.7 Å². The van der Waals surface area contributed by atoms with E-state index in [4.69, 9.17) is 15.7 Å². The van der Waals surface area contributed by atoms with Crippen LogP contribution in [-0.2, 0) is 9.53 Å². The maximum atomic E-state index is 14.2. The average Bonchev–Trinajstić information content (AvgIpc) is 3.26. The number of carbonyl (C=O) groups is 2. The maximum Gasteiger partial charge on any atom is 0.439 e. The van der Waals surface area contributed by atoms with E-state index >= 15 is 0 Å². The third-order valence-electron chi connectivity index (χ3n) is 4.42. The minimum atomic E-state index is -1.16. The van der Waals surface area contributed by atoms with Gasteiger partial charge in [-0.3, -0.25) is 4.79 Å². The summed E-state index contributed by atoms with van der Waals surface area (Å²) in [4.78, 5) is 23.0. The zero-order chi connectivity index (χ0) is 19.7. The molecule has 0 spiro atoms. The van der Waals surface area contributed by atoms with Crippen LogP contribution in [0.4, 0.5) is 9.28 Å². The van der Waals surface area contributed by atoms with E-state index in [1.54, 1.807) is 37.4 Å². The Morgan fingerprint density at radius 1 is 1.41 bits per heavy atom. The number of nitrogens with zero attached hydrogens (tertiary/aromatic N) is 5. The number of benzene rings is 1. The molecule has 1 aromatic carbocycles. The van der Waals surface area contributed by atoms with Gasteiger partial charge in [0, 0.05) is 0 Å². The summed E-state index contributed by atoms with van der Waals surface area (Å²) in [5.41, 5.74) is 7.00. The van der Waals surface area contributed by atoms with Crippen molar-refractivity contribution in [2.75, 3.05) is 0 Å². The van der Waals surface area contributed by atoms with Gasteiger partial charge in [0.1, 0.15) is 23.6 Å². The molecule has 0 aliphatic carbocycles. The lowest BCUT2D eigenvalue weighted by molar-refractivity contribution is -0.124. The van der Waals surface area contributed by atoms with Crippen molar-refractivity contribution < 1.29 is 24.0 Å². The first-order chi connectivity index (χ1) is 12.8. The van der Waals surface area contributed by atoms with Gasteiger partial charge in [0.25, 0.3) is 0 Å². The number of aromatic nitrogens is 3. The van der Waals surface area contributed by atoms with Crippen LogP contribution in [0, 0.1) is 5.92 Å². The summed E-state index contributed by atoms with van der Waals surface area (Å²) in [6.07, 6.45) is -0.639. The molecule has 3 rings (SSSR count). The van der Waals surface area contributed by atoms with E-state index in [1.165, 1.54) is 11.6 Å². The Hall–Kier alpha value is -3.50. The molecule has 2 heterocycles. The standard InChI is InChI=1S/C16H17FN6O4/c1-8(15(18)24)14-13(23(17)16(25)27-14)10-3-5-11(6-4-10)22-7-12(19-21-22)9(2)20-26/h3-8,13-14,26H,1-2H3,(H2,18,24). The molecular weight excluding hydrogens is 359 g/mol. The molecule has 0 saturated carbocycles. The predicted molar refractivity (Wildman–Crippen MR) is 89.7 cm³/mol. The van der Waals surface area contributed by atoms with Gasteiger partial charge in [-0.15, -0.1) is 10.2 Å². The van der Waals surface area contributed by atoms with Gasteiger partial charge >= 0.3 is 6.09 Å². The molecule has 1 aliphatic rings. The van der Waals surface area contributed by atoms with E-state index in [1.807, 2.05) is 0 Å². The van der Waals surface area contributed by atoms with E-state index in [0.29, 0.717) is 22.7 Å². The Morgan fingerprint density at radius 2 is 2.07 bits per heavy atom. The molecule has 142 valence electrons. The van der Waals surface area contributed by atoms with Crippen molar-refractivity contribution >= 4 is 17.7 Å². The second kappa shape index (κ2) is 7.02. The second-order valence-electron chi connectivity index (χ2n) is 6.12.